The number of carbonyl (C=O) groups is 1. The van der Waals surface area contributed by atoms with E-state index < -0.39 is 0 Å². The third-order valence-corrected chi connectivity index (χ3v) is 4.56. The molecule has 5 heteroatoms. The minimum Gasteiger partial charge on any atom is -0.346 e. The molecule has 27 heavy (non-hydrogen) atoms. The van der Waals surface area contributed by atoms with E-state index in [1.54, 1.807) is 30.6 Å². The Balaban J connectivity index is 1.52. The van der Waals surface area contributed by atoms with Gasteiger partial charge in [-0.05, 0) is 61.0 Å². The monoisotopic (exact) mass is 359 g/mol. The number of aromatic nitrogens is 2. The van der Waals surface area contributed by atoms with E-state index in [2.05, 4.69) is 10.3 Å². The molecule has 0 saturated carbocycles. The van der Waals surface area contributed by atoms with Gasteiger partial charge in [0.2, 0.25) is 0 Å². The van der Waals surface area contributed by atoms with Gasteiger partial charge in [0, 0.05) is 11.3 Å². The molecule has 4 nitrogen and oxygen atoms in total. The third-order valence-electron chi connectivity index (χ3n) is 4.56. The fourth-order valence-electron chi connectivity index (χ4n) is 3.08. The van der Waals surface area contributed by atoms with Gasteiger partial charge in [-0.25, -0.2) is 9.37 Å². The summed E-state index contributed by atoms with van der Waals surface area (Å²) >= 11 is 0. The summed E-state index contributed by atoms with van der Waals surface area (Å²) in [5.74, 6) is -0.515. The van der Waals surface area contributed by atoms with Gasteiger partial charge >= 0.3 is 0 Å². The van der Waals surface area contributed by atoms with Gasteiger partial charge in [0.05, 0.1) is 17.1 Å². The summed E-state index contributed by atoms with van der Waals surface area (Å²) in [6.45, 7) is 1.83. The standard InChI is InChI=1S/C22H18FN3O/c1-15(17-5-4-6-18(23)13-17)25-22(27)16-9-11-19(12-10-16)26-14-24-20-7-2-3-8-21(20)26/h2-15H,1H3,(H,25,27). The largest absolute Gasteiger partial charge is 0.346 e. The maximum atomic E-state index is 13.4. The average molecular weight is 359 g/mol. The Bertz CT molecular complexity index is 1100. The molecule has 0 aliphatic rings. The van der Waals surface area contributed by atoms with Crippen LogP contribution < -0.4 is 5.32 Å². The summed E-state index contributed by atoms with van der Waals surface area (Å²) in [4.78, 5) is 16.9. The number of benzene rings is 3. The highest BCUT2D eigenvalue weighted by molar-refractivity contribution is 5.94. The SMILES string of the molecule is CC(NC(=O)c1ccc(-n2cnc3ccccc32)cc1)c1cccc(F)c1. The smallest absolute Gasteiger partial charge is 0.251 e. The molecule has 4 rings (SSSR count). The molecule has 1 amide bonds. The van der Waals surface area contributed by atoms with E-state index in [0.717, 1.165) is 22.3 Å². The van der Waals surface area contributed by atoms with Gasteiger partial charge in [0.1, 0.15) is 12.1 Å². The molecule has 0 bridgehead atoms. The van der Waals surface area contributed by atoms with Crippen molar-refractivity contribution in [2.24, 2.45) is 0 Å². The van der Waals surface area contributed by atoms with E-state index in [1.165, 1.54) is 12.1 Å². The number of hydrogen-bond acceptors (Lipinski definition) is 2. The minimum atomic E-state index is -0.314. The summed E-state index contributed by atoms with van der Waals surface area (Å²) in [5, 5.41) is 2.90. The molecule has 4 aromatic rings. The summed E-state index contributed by atoms with van der Waals surface area (Å²) in [6.07, 6.45) is 1.77. The predicted octanol–water partition coefficient (Wildman–Crippen LogP) is 4.66. The van der Waals surface area contributed by atoms with Crippen molar-refractivity contribution in [3.05, 3.63) is 96.1 Å². The fourth-order valence-corrected chi connectivity index (χ4v) is 3.08. The molecule has 0 spiro atoms. The van der Waals surface area contributed by atoms with E-state index >= 15 is 0 Å². The van der Waals surface area contributed by atoms with Crippen molar-refractivity contribution in [1.29, 1.82) is 0 Å². The topological polar surface area (TPSA) is 46.9 Å². The molecular formula is C22H18FN3O. The van der Waals surface area contributed by atoms with Gasteiger partial charge in [0.25, 0.3) is 5.91 Å². The Kier molecular flexibility index (Phi) is 4.42. The highest BCUT2D eigenvalue weighted by atomic mass is 19.1. The number of fused-ring (bicyclic) bond motifs is 1. The van der Waals surface area contributed by atoms with Crippen LogP contribution in [-0.4, -0.2) is 15.5 Å². The lowest BCUT2D eigenvalue weighted by Gasteiger charge is -2.15. The molecule has 0 radical (unpaired) electrons. The summed E-state index contributed by atoms with van der Waals surface area (Å²) in [6, 6.07) is 21.2. The molecule has 1 unspecified atom stereocenters. The molecule has 0 aliphatic heterocycles. The Morgan fingerprint density at radius 3 is 2.59 bits per heavy atom. The Morgan fingerprint density at radius 2 is 1.81 bits per heavy atom. The maximum absolute atomic E-state index is 13.4. The van der Waals surface area contributed by atoms with Gasteiger partial charge in [-0.2, -0.15) is 0 Å². The predicted molar refractivity (Wildman–Crippen MR) is 103 cm³/mol. The quantitative estimate of drug-likeness (QED) is 0.576. The molecule has 3 aromatic carbocycles. The average Bonchev–Trinajstić information content (AvgIpc) is 3.12. The van der Waals surface area contributed by atoms with Gasteiger partial charge in [0.15, 0.2) is 0 Å². The van der Waals surface area contributed by atoms with Gasteiger partial charge in [-0.15, -0.1) is 0 Å². The molecule has 134 valence electrons. The molecule has 1 heterocycles. The second-order valence-electron chi connectivity index (χ2n) is 6.40. The van der Waals surface area contributed by atoms with E-state index in [9.17, 15) is 9.18 Å². The lowest BCUT2D eigenvalue weighted by Crippen LogP contribution is -2.26. The van der Waals surface area contributed by atoms with Gasteiger partial charge in [-0.1, -0.05) is 24.3 Å². The molecule has 0 saturated heterocycles. The second-order valence-corrected chi connectivity index (χ2v) is 6.40. The highest BCUT2D eigenvalue weighted by Gasteiger charge is 2.12. The zero-order chi connectivity index (χ0) is 18.8. The Morgan fingerprint density at radius 1 is 1.04 bits per heavy atom. The van der Waals surface area contributed by atoms with Crippen molar-refractivity contribution in [2.45, 2.75) is 13.0 Å². The number of halogens is 1. The number of imidazole rings is 1. The van der Waals surface area contributed by atoms with Crippen LogP contribution in [0.25, 0.3) is 16.7 Å². The minimum absolute atomic E-state index is 0.200. The lowest BCUT2D eigenvalue weighted by atomic mass is 10.1. The maximum Gasteiger partial charge on any atom is 0.251 e. The summed E-state index contributed by atoms with van der Waals surface area (Å²) in [5.41, 5.74) is 4.13. The van der Waals surface area contributed by atoms with Crippen LogP contribution in [0.3, 0.4) is 0 Å². The number of para-hydroxylation sites is 2. The molecule has 0 aliphatic carbocycles. The molecule has 1 N–H and O–H groups in total. The first kappa shape index (κ1) is 17.0. The van der Waals surface area contributed by atoms with Crippen LogP contribution in [0, 0.1) is 5.82 Å². The fraction of sp³-hybridized carbons (Fsp3) is 0.0909. The van der Waals surface area contributed by atoms with Crippen molar-refractivity contribution in [2.75, 3.05) is 0 Å². The molecular weight excluding hydrogens is 341 g/mol. The number of hydrogen-bond donors (Lipinski definition) is 1. The number of rotatable bonds is 4. The van der Waals surface area contributed by atoms with Crippen molar-refractivity contribution >= 4 is 16.9 Å². The van der Waals surface area contributed by atoms with E-state index in [4.69, 9.17) is 0 Å². The van der Waals surface area contributed by atoms with Crippen LogP contribution >= 0.6 is 0 Å². The van der Waals surface area contributed by atoms with E-state index in [0.29, 0.717) is 5.56 Å². The summed E-state index contributed by atoms with van der Waals surface area (Å²) in [7, 11) is 0. The van der Waals surface area contributed by atoms with Crippen molar-refractivity contribution in [3.63, 3.8) is 0 Å². The zero-order valence-corrected chi connectivity index (χ0v) is 14.8. The Hall–Kier alpha value is -3.47. The van der Waals surface area contributed by atoms with Gasteiger partial charge in [-0.3, -0.25) is 9.36 Å². The van der Waals surface area contributed by atoms with E-state index in [1.807, 2.05) is 47.9 Å². The first-order valence-electron chi connectivity index (χ1n) is 8.71. The molecule has 1 aromatic heterocycles. The molecule has 1 atom stereocenters. The van der Waals surface area contributed by atoms with Gasteiger partial charge < -0.3 is 5.32 Å². The highest BCUT2D eigenvalue weighted by Crippen LogP contribution is 2.19. The van der Waals surface area contributed by atoms with Crippen molar-refractivity contribution in [1.82, 2.24) is 14.9 Å². The molecule has 0 fully saturated rings. The number of nitrogens with one attached hydrogen (secondary N) is 1. The van der Waals surface area contributed by atoms with Crippen LogP contribution in [-0.2, 0) is 0 Å². The second kappa shape index (κ2) is 7.03. The lowest BCUT2D eigenvalue weighted by molar-refractivity contribution is 0.0940. The number of carbonyl (C=O) groups excluding carboxylic acids is 1. The first-order valence-corrected chi connectivity index (χ1v) is 8.71. The first-order chi connectivity index (χ1) is 13.1. The van der Waals surface area contributed by atoms with Crippen LogP contribution in [0.2, 0.25) is 0 Å². The van der Waals surface area contributed by atoms with Crippen molar-refractivity contribution in [3.8, 4) is 5.69 Å². The van der Waals surface area contributed by atoms with Crippen LogP contribution in [0.4, 0.5) is 4.39 Å². The van der Waals surface area contributed by atoms with Crippen LogP contribution in [0.15, 0.2) is 79.1 Å². The number of nitrogens with zero attached hydrogens (tertiary/aromatic N) is 2. The number of amides is 1. The summed E-state index contributed by atoms with van der Waals surface area (Å²) < 4.78 is 15.3. The third kappa shape index (κ3) is 3.44. The van der Waals surface area contributed by atoms with Crippen LogP contribution in [0.5, 0.6) is 0 Å². The Labute approximate surface area is 156 Å². The van der Waals surface area contributed by atoms with Crippen molar-refractivity contribution < 1.29 is 9.18 Å². The normalized spacial score (nSPS) is 12.1. The van der Waals surface area contributed by atoms with E-state index in [-0.39, 0.29) is 17.8 Å². The zero-order valence-electron chi connectivity index (χ0n) is 14.8. The van der Waals surface area contributed by atoms with Crippen LogP contribution in [0.1, 0.15) is 28.9 Å².